The maximum absolute atomic E-state index is 13.0. The highest BCUT2D eigenvalue weighted by atomic mass is 19.4. The van der Waals surface area contributed by atoms with Crippen LogP contribution in [0.3, 0.4) is 0 Å². The van der Waals surface area contributed by atoms with Gasteiger partial charge in [0.15, 0.2) is 0 Å². The number of likely N-dealkylation sites (N-methyl/N-ethyl adjacent to an activating group) is 1. The van der Waals surface area contributed by atoms with Crippen LogP contribution in [0.1, 0.15) is 38.8 Å². The summed E-state index contributed by atoms with van der Waals surface area (Å²) in [5.41, 5.74) is -0.257. The molecular weight excluding hydrogens is 251 g/mol. The van der Waals surface area contributed by atoms with Crippen molar-refractivity contribution in [3.63, 3.8) is 0 Å². The fourth-order valence-electron chi connectivity index (χ4n) is 2.13. The van der Waals surface area contributed by atoms with Gasteiger partial charge in [-0.25, -0.2) is 0 Å². The lowest BCUT2D eigenvalue weighted by Crippen LogP contribution is -2.42. The van der Waals surface area contributed by atoms with E-state index in [-0.39, 0.29) is 11.5 Å². The van der Waals surface area contributed by atoms with Gasteiger partial charge in [-0.15, -0.1) is 0 Å². The zero-order valence-electron chi connectivity index (χ0n) is 11.9. The molecule has 1 aromatic rings. The second kappa shape index (κ2) is 5.95. The highest BCUT2D eigenvalue weighted by Gasteiger charge is 2.34. The van der Waals surface area contributed by atoms with Crippen molar-refractivity contribution in [1.29, 1.82) is 0 Å². The number of alkyl halides is 3. The summed E-state index contributed by atoms with van der Waals surface area (Å²) in [6, 6.07) is 5.84. The molecule has 1 atom stereocenters. The van der Waals surface area contributed by atoms with Crippen LogP contribution in [0, 0.1) is 5.41 Å². The van der Waals surface area contributed by atoms with Crippen molar-refractivity contribution in [2.24, 2.45) is 5.41 Å². The van der Waals surface area contributed by atoms with Gasteiger partial charge in [-0.2, -0.15) is 13.2 Å². The summed E-state index contributed by atoms with van der Waals surface area (Å²) in [4.78, 5) is 0. The van der Waals surface area contributed by atoms with Crippen molar-refractivity contribution in [2.75, 3.05) is 6.54 Å². The molecule has 19 heavy (non-hydrogen) atoms. The van der Waals surface area contributed by atoms with Gasteiger partial charge >= 0.3 is 6.18 Å². The first kappa shape index (κ1) is 16.0. The summed E-state index contributed by atoms with van der Waals surface area (Å²) in [5, 5.41) is 3.28. The minimum Gasteiger partial charge on any atom is -0.313 e. The van der Waals surface area contributed by atoms with Crippen LogP contribution in [-0.4, -0.2) is 12.6 Å². The topological polar surface area (TPSA) is 12.0 Å². The molecule has 0 amide bonds. The first-order chi connectivity index (χ1) is 8.66. The lowest BCUT2D eigenvalue weighted by atomic mass is 9.82. The van der Waals surface area contributed by atoms with Gasteiger partial charge in [-0.3, -0.25) is 0 Å². The molecule has 0 spiro atoms. The van der Waals surface area contributed by atoms with Crippen LogP contribution in [0.2, 0.25) is 0 Å². The molecule has 1 aromatic carbocycles. The third kappa shape index (κ3) is 4.53. The Morgan fingerprint density at radius 2 is 1.68 bits per heavy atom. The van der Waals surface area contributed by atoms with Crippen molar-refractivity contribution >= 4 is 0 Å². The molecule has 108 valence electrons. The highest BCUT2D eigenvalue weighted by molar-refractivity contribution is 5.30. The van der Waals surface area contributed by atoms with Gasteiger partial charge in [-0.05, 0) is 30.0 Å². The first-order valence-corrected chi connectivity index (χ1v) is 6.54. The molecule has 0 saturated carbocycles. The number of hydrogen-bond acceptors (Lipinski definition) is 1. The Kier molecular flexibility index (Phi) is 5.02. The number of nitrogens with one attached hydrogen (secondary N) is 1. The van der Waals surface area contributed by atoms with Crippen LogP contribution in [-0.2, 0) is 12.6 Å². The Bertz CT molecular complexity index is 405. The lowest BCUT2D eigenvalue weighted by Gasteiger charge is -2.32. The van der Waals surface area contributed by atoms with E-state index >= 15 is 0 Å². The molecule has 0 fully saturated rings. The van der Waals surface area contributed by atoms with Gasteiger partial charge in [0, 0.05) is 6.04 Å². The second-order valence-electron chi connectivity index (χ2n) is 5.84. The van der Waals surface area contributed by atoms with Gasteiger partial charge in [0.05, 0.1) is 5.56 Å². The zero-order valence-corrected chi connectivity index (χ0v) is 11.9. The third-order valence-corrected chi connectivity index (χ3v) is 3.24. The summed E-state index contributed by atoms with van der Waals surface area (Å²) in [6.45, 7) is 8.83. The van der Waals surface area contributed by atoms with Gasteiger partial charge in [0.2, 0.25) is 0 Å². The molecule has 0 aliphatic heterocycles. The average molecular weight is 273 g/mol. The summed E-state index contributed by atoms with van der Waals surface area (Å²) in [5.74, 6) is 0. The molecule has 1 N–H and O–H groups in total. The molecule has 4 heteroatoms. The maximum atomic E-state index is 13.0. The van der Waals surface area contributed by atoms with E-state index in [1.807, 2.05) is 27.7 Å². The van der Waals surface area contributed by atoms with Crippen LogP contribution in [0.4, 0.5) is 13.2 Å². The van der Waals surface area contributed by atoms with Crippen molar-refractivity contribution < 1.29 is 13.2 Å². The van der Waals surface area contributed by atoms with Crippen molar-refractivity contribution in [1.82, 2.24) is 5.32 Å². The van der Waals surface area contributed by atoms with Crippen LogP contribution < -0.4 is 5.32 Å². The maximum Gasteiger partial charge on any atom is 0.416 e. The van der Waals surface area contributed by atoms with E-state index in [4.69, 9.17) is 0 Å². The molecule has 0 saturated heterocycles. The molecule has 1 unspecified atom stereocenters. The Morgan fingerprint density at radius 1 is 1.11 bits per heavy atom. The smallest absolute Gasteiger partial charge is 0.313 e. The van der Waals surface area contributed by atoms with Gasteiger partial charge in [-0.1, -0.05) is 45.9 Å². The van der Waals surface area contributed by atoms with Crippen molar-refractivity contribution in [3.05, 3.63) is 35.4 Å². The van der Waals surface area contributed by atoms with E-state index in [2.05, 4.69) is 5.32 Å². The highest BCUT2D eigenvalue weighted by Crippen LogP contribution is 2.33. The number of halogens is 3. The van der Waals surface area contributed by atoms with E-state index < -0.39 is 11.7 Å². The van der Waals surface area contributed by atoms with Gasteiger partial charge in [0.1, 0.15) is 0 Å². The fourth-order valence-corrected chi connectivity index (χ4v) is 2.13. The van der Waals surface area contributed by atoms with E-state index in [9.17, 15) is 13.2 Å². The molecule has 0 radical (unpaired) electrons. The monoisotopic (exact) mass is 273 g/mol. The van der Waals surface area contributed by atoms with Crippen LogP contribution >= 0.6 is 0 Å². The Labute approximate surface area is 113 Å². The average Bonchev–Trinajstić information content (AvgIpc) is 2.26. The SMILES string of the molecule is CCNC(Cc1ccccc1C(F)(F)F)C(C)(C)C. The number of rotatable bonds is 4. The summed E-state index contributed by atoms with van der Waals surface area (Å²) < 4.78 is 38.9. The predicted molar refractivity (Wildman–Crippen MR) is 72.1 cm³/mol. The standard InChI is InChI=1S/C15H22F3N/c1-5-19-13(14(2,3)4)10-11-8-6-7-9-12(11)15(16,17)18/h6-9,13,19H,5,10H2,1-4H3. The molecule has 0 bridgehead atoms. The first-order valence-electron chi connectivity index (χ1n) is 6.54. The summed E-state index contributed by atoms with van der Waals surface area (Å²) >= 11 is 0. The lowest BCUT2D eigenvalue weighted by molar-refractivity contribution is -0.138. The second-order valence-corrected chi connectivity index (χ2v) is 5.84. The van der Waals surface area contributed by atoms with Gasteiger partial charge < -0.3 is 5.32 Å². The van der Waals surface area contributed by atoms with E-state index in [0.717, 1.165) is 12.6 Å². The van der Waals surface area contributed by atoms with Crippen LogP contribution in [0.15, 0.2) is 24.3 Å². The molecular formula is C15H22F3N. The van der Waals surface area contributed by atoms with Crippen LogP contribution in [0.25, 0.3) is 0 Å². The molecule has 0 heterocycles. The Hall–Kier alpha value is -1.03. The minimum absolute atomic E-state index is 0.0148. The quantitative estimate of drug-likeness (QED) is 0.863. The number of hydrogen-bond donors (Lipinski definition) is 1. The normalized spacial score (nSPS) is 14.5. The largest absolute Gasteiger partial charge is 0.416 e. The molecule has 0 aromatic heterocycles. The van der Waals surface area contributed by atoms with E-state index in [1.54, 1.807) is 12.1 Å². The number of benzene rings is 1. The summed E-state index contributed by atoms with van der Waals surface area (Å²) in [7, 11) is 0. The minimum atomic E-state index is -4.29. The fraction of sp³-hybridized carbons (Fsp3) is 0.600. The van der Waals surface area contributed by atoms with Crippen molar-refractivity contribution in [3.8, 4) is 0 Å². The molecule has 0 aliphatic carbocycles. The molecule has 1 rings (SSSR count). The van der Waals surface area contributed by atoms with Crippen LogP contribution in [0.5, 0.6) is 0 Å². The Balaban J connectivity index is 3.04. The predicted octanol–water partition coefficient (Wildman–Crippen LogP) is 4.27. The van der Waals surface area contributed by atoms with E-state index in [0.29, 0.717) is 12.0 Å². The van der Waals surface area contributed by atoms with Crippen molar-refractivity contribution in [2.45, 2.75) is 46.3 Å². The molecule has 0 aliphatic rings. The van der Waals surface area contributed by atoms with E-state index in [1.165, 1.54) is 6.07 Å². The zero-order chi connectivity index (χ0) is 14.7. The Morgan fingerprint density at radius 3 is 2.16 bits per heavy atom. The third-order valence-electron chi connectivity index (χ3n) is 3.24. The van der Waals surface area contributed by atoms with Gasteiger partial charge in [0.25, 0.3) is 0 Å². The molecule has 1 nitrogen and oxygen atoms in total. The summed E-state index contributed by atoms with van der Waals surface area (Å²) in [6.07, 6.45) is -3.90.